The van der Waals surface area contributed by atoms with Crippen LogP contribution in [0.2, 0.25) is 0 Å². The van der Waals surface area contributed by atoms with E-state index in [-0.39, 0.29) is 5.91 Å². The molecule has 0 aliphatic carbocycles. The monoisotopic (exact) mass is 448 g/mol. The van der Waals surface area contributed by atoms with Gasteiger partial charge in [-0.25, -0.2) is 8.42 Å². The third-order valence-electron chi connectivity index (χ3n) is 4.83. The molecule has 0 aliphatic heterocycles. The summed E-state index contributed by atoms with van der Waals surface area (Å²) in [6.45, 7) is 4.83. The highest BCUT2D eigenvalue weighted by molar-refractivity contribution is 7.92. The Morgan fingerprint density at radius 3 is 2.16 bits per heavy atom. The van der Waals surface area contributed by atoms with E-state index >= 15 is 0 Å². The molecule has 0 saturated carbocycles. The lowest BCUT2D eigenvalue weighted by atomic mass is 10.1. The van der Waals surface area contributed by atoms with Gasteiger partial charge in [-0.15, -0.1) is 0 Å². The molecule has 0 saturated heterocycles. The van der Waals surface area contributed by atoms with Gasteiger partial charge < -0.3 is 14.8 Å². The largest absolute Gasteiger partial charge is 0.497 e. The first-order chi connectivity index (χ1) is 14.8. The van der Waals surface area contributed by atoms with E-state index < -0.39 is 16.1 Å². The van der Waals surface area contributed by atoms with Gasteiger partial charge >= 0.3 is 0 Å². The fraction of sp³-hybridized carbons (Fsp3) is 0.435. The lowest BCUT2D eigenvalue weighted by Gasteiger charge is -2.30. The molecule has 1 N–H and O–H groups in total. The number of amides is 1. The number of sulfonamides is 1. The zero-order valence-corrected chi connectivity index (χ0v) is 19.4. The van der Waals surface area contributed by atoms with Crippen LogP contribution < -0.4 is 19.1 Å². The summed E-state index contributed by atoms with van der Waals surface area (Å²) in [7, 11) is -2.12. The number of benzene rings is 2. The second kappa shape index (κ2) is 11.6. The molecule has 2 rings (SSSR count). The van der Waals surface area contributed by atoms with Gasteiger partial charge in [-0.05, 0) is 68.1 Å². The number of hydrogen-bond donors (Lipinski definition) is 1. The second-order valence-corrected chi connectivity index (χ2v) is 9.01. The maximum absolute atomic E-state index is 12.8. The first-order valence-corrected chi connectivity index (χ1v) is 12.3. The number of nitrogens with one attached hydrogen (secondary N) is 1. The molecular weight excluding hydrogens is 416 g/mol. The minimum atomic E-state index is -3.66. The average molecular weight is 449 g/mol. The van der Waals surface area contributed by atoms with Crippen LogP contribution in [0.4, 0.5) is 5.69 Å². The molecule has 170 valence electrons. The van der Waals surface area contributed by atoms with Crippen LogP contribution in [0.25, 0.3) is 0 Å². The summed E-state index contributed by atoms with van der Waals surface area (Å²) in [5, 5.41) is 2.89. The third kappa shape index (κ3) is 7.17. The van der Waals surface area contributed by atoms with E-state index in [2.05, 4.69) is 5.32 Å². The molecule has 0 radical (unpaired) electrons. The van der Waals surface area contributed by atoms with E-state index in [1.54, 1.807) is 38.3 Å². The Hall–Kier alpha value is -2.74. The molecule has 8 heteroatoms. The zero-order valence-electron chi connectivity index (χ0n) is 18.6. The van der Waals surface area contributed by atoms with Crippen molar-refractivity contribution in [2.24, 2.45) is 0 Å². The Kier molecular flexibility index (Phi) is 9.18. The summed E-state index contributed by atoms with van der Waals surface area (Å²) < 4.78 is 36.7. The quantitative estimate of drug-likeness (QED) is 0.503. The van der Waals surface area contributed by atoms with Crippen LogP contribution in [0.15, 0.2) is 48.5 Å². The van der Waals surface area contributed by atoms with Crippen LogP contribution in [0, 0.1) is 0 Å². The first-order valence-electron chi connectivity index (χ1n) is 10.4. The van der Waals surface area contributed by atoms with Crippen LogP contribution in [-0.4, -0.2) is 46.9 Å². The highest BCUT2D eigenvalue weighted by Gasteiger charge is 2.31. The molecule has 2 aromatic carbocycles. The van der Waals surface area contributed by atoms with Gasteiger partial charge in [0.25, 0.3) is 0 Å². The number of aryl methyl sites for hydroxylation is 1. The molecule has 1 atom stereocenters. The predicted molar refractivity (Wildman–Crippen MR) is 123 cm³/mol. The molecule has 0 fully saturated rings. The Labute approximate surface area is 185 Å². The fourth-order valence-electron chi connectivity index (χ4n) is 3.33. The highest BCUT2D eigenvalue weighted by atomic mass is 32.2. The van der Waals surface area contributed by atoms with Crippen molar-refractivity contribution in [3.05, 3.63) is 54.1 Å². The standard InChI is InChI=1S/C23H32N2O5S/c1-5-22(25(31(4,27)28)19-11-15-20(29-3)16-12-19)23(26)24-17-7-8-18-9-13-21(14-10-18)30-6-2/h9-16,22H,5-8,17H2,1-4H3,(H,24,26)/t22-/m0/s1. The lowest BCUT2D eigenvalue weighted by Crippen LogP contribution is -2.49. The predicted octanol–water partition coefficient (Wildman–Crippen LogP) is 3.39. The van der Waals surface area contributed by atoms with Crippen molar-refractivity contribution in [2.45, 2.75) is 39.2 Å². The number of carbonyl (C=O) groups is 1. The number of carbonyl (C=O) groups excluding carboxylic acids is 1. The molecule has 0 heterocycles. The van der Waals surface area contributed by atoms with Crippen LogP contribution in [0.1, 0.15) is 32.3 Å². The third-order valence-corrected chi connectivity index (χ3v) is 6.01. The Morgan fingerprint density at radius 1 is 1.03 bits per heavy atom. The maximum atomic E-state index is 12.8. The van der Waals surface area contributed by atoms with Crippen LogP contribution in [0.5, 0.6) is 11.5 Å². The maximum Gasteiger partial charge on any atom is 0.243 e. The summed E-state index contributed by atoms with van der Waals surface area (Å²) in [5.41, 5.74) is 1.58. The Balaban J connectivity index is 1.99. The van der Waals surface area contributed by atoms with Crippen molar-refractivity contribution >= 4 is 21.6 Å². The first kappa shape index (κ1) is 24.5. The summed E-state index contributed by atoms with van der Waals surface area (Å²) in [6, 6.07) is 13.7. The Bertz CT molecular complexity index is 927. The van der Waals surface area contributed by atoms with Gasteiger partial charge in [0.2, 0.25) is 15.9 Å². The van der Waals surface area contributed by atoms with Crippen LogP contribution >= 0.6 is 0 Å². The van der Waals surface area contributed by atoms with Crippen molar-refractivity contribution in [3.63, 3.8) is 0 Å². The van der Waals surface area contributed by atoms with Crippen molar-refractivity contribution in [1.29, 1.82) is 0 Å². The van der Waals surface area contributed by atoms with Crippen molar-refractivity contribution in [2.75, 3.05) is 30.8 Å². The molecule has 31 heavy (non-hydrogen) atoms. The van der Waals surface area contributed by atoms with Gasteiger partial charge in [-0.2, -0.15) is 0 Å². The fourth-order valence-corrected chi connectivity index (χ4v) is 4.54. The Morgan fingerprint density at radius 2 is 1.65 bits per heavy atom. The number of hydrogen-bond acceptors (Lipinski definition) is 5. The molecule has 0 spiro atoms. The zero-order chi connectivity index (χ0) is 22.9. The molecular formula is C23H32N2O5S. The number of ether oxygens (including phenoxy) is 2. The van der Waals surface area contributed by atoms with Crippen molar-refractivity contribution in [3.8, 4) is 11.5 Å². The van der Waals surface area contributed by atoms with E-state index in [0.29, 0.717) is 31.0 Å². The second-order valence-electron chi connectivity index (χ2n) is 7.15. The molecule has 0 bridgehead atoms. The van der Waals surface area contributed by atoms with Crippen LogP contribution in [0.3, 0.4) is 0 Å². The van der Waals surface area contributed by atoms with Gasteiger partial charge in [0.15, 0.2) is 0 Å². The van der Waals surface area contributed by atoms with E-state index in [1.807, 2.05) is 31.2 Å². The summed E-state index contributed by atoms with van der Waals surface area (Å²) in [4.78, 5) is 12.8. The SMILES string of the molecule is CCOc1ccc(CCCNC(=O)[C@H](CC)N(c2ccc(OC)cc2)S(C)(=O)=O)cc1. The van der Waals surface area contributed by atoms with E-state index in [4.69, 9.17) is 9.47 Å². The van der Waals surface area contributed by atoms with Gasteiger partial charge in [-0.3, -0.25) is 9.10 Å². The molecule has 0 aliphatic rings. The van der Waals surface area contributed by atoms with E-state index in [1.165, 1.54) is 4.31 Å². The molecule has 0 unspecified atom stereocenters. The van der Waals surface area contributed by atoms with Gasteiger partial charge in [-0.1, -0.05) is 19.1 Å². The number of rotatable bonds is 12. The minimum absolute atomic E-state index is 0.310. The van der Waals surface area contributed by atoms with Gasteiger partial charge in [0, 0.05) is 6.54 Å². The molecule has 7 nitrogen and oxygen atoms in total. The number of anilines is 1. The van der Waals surface area contributed by atoms with Crippen molar-refractivity contribution < 1.29 is 22.7 Å². The summed E-state index contributed by atoms with van der Waals surface area (Å²) in [5.74, 6) is 1.14. The van der Waals surface area contributed by atoms with Gasteiger partial charge in [0.05, 0.1) is 25.7 Å². The van der Waals surface area contributed by atoms with E-state index in [9.17, 15) is 13.2 Å². The lowest BCUT2D eigenvalue weighted by molar-refractivity contribution is -0.122. The summed E-state index contributed by atoms with van der Waals surface area (Å²) in [6.07, 6.45) is 3.01. The molecule has 1 amide bonds. The van der Waals surface area contributed by atoms with Crippen LogP contribution in [-0.2, 0) is 21.2 Å². The topological polar surface area (TPSA) is 84.9 Å². The van der Waals surface area contributed by atoms with Crippen molar-refractivity contribution in [1.82, 2.24) is 5.32 Å². The number of nitrogens with zero attached hydrogens (tertiary/aromatic N) is 1. The summed E-state index contributed by atoms with van der Waals surface area (Å²) >= 11 is 0. The van der Waals surface area contributed by atoms with Gasteiger partial charge in [0.1, 0.15) is 17.5 Å². The minimum Gasteiger partial charge on any atom is -0.497 e. The normalized spacial score (nSPS) is 12.1. The number of methoxy groups -OCH3 is 1. The smallest absolute Gasteiger partial charge is 0.243 e. The molecule has 2 aromatic rings. The molecule has 0 aromatic heterocycles. The highest BCUT2D eigenvalue weighted by Crippen LogP contribution is 2.25. The van der Waals surface area contributed by atoms with E-state index in [0.717, 1.165) is 30.4 Å². The average Bonchev–Trinajstić information content (AvgIpc) is 2.75.